The molecule has 2 heterocycles. The average molecular weight is 347 g/mol. The maximum Gasteiger partial charge on any atom is 0.280 e. The Kier molecular flexibility index (Phi) is 3.36. The van der Waals surface area contributed by atoms with Gasteiger partial charge in [0.05, 0.1) is 24.7 Å². The highest BCUT2D eigenvalue weighted by Crippen LogP contribution is 2.16. The number of H-pyrrole nitrogens is 2. The quantitative estimate of drug-likeness (QED) is 0.447. The monoisotopic (exact) mass is 347 g/mol. The van der Waals surface area contributed by atoms with Gasteiger partial charge in [-0.05, 0) is 6.07 Å². The zero-order valence-corrected chi connectivity index (χ0v) is 11.1. The molecule has 0 aliphatic rings. The number of ether oxygens (including phenoxy) is 1. The number of aromatic nitrogens is 2. The lowest BCUT2D eigenvalue weighted by Gasteiger charge is -2.08. The van der Waals surface area contributed by atoms with Crippen molar-refractivity contribution < 1.29 is 9.53 Å². The molecule has 0 aromatic carbocycles. The number of fused-ring (bicyclic) bond motifs is 1. The van der Waals surface area contributed by atoms with Gasteiger partial charge in [-0.25, -0.2) is 0 Å². The van der Waals surface area contributed by atoms with Gasteiger partial charge >= 0.3 is 0 Å². The third kappa shape index (κ3) is 2.28. The van der Waals surface area contributed by atoms with Crippen LogP contribution in [0.1, 0.15) is 5.56 Å². The molecular formula is C10H10IN3O3. The van der Waals surface area contributed by atoms with E-state index in [1.165, 1.54) is 7.11 Å². The van der Waals surface area contributed by atoms with E-state index in [2.05, 4.69) is 15.3 Å². The van der Waals surface area contributed by atoms with E-state index in [1.54, 1.807) is 34.9 Å². The van der Waals surface area contributed by atoms with Gasteiger partial charge in [0, 0.05) is 28.8 Å². The molecule has 2 aromatic heterocycles. The summed E-state index contributed by atoms with van der Waals surface area (Å²) in [6, 6.07) is 1.75. The minimum absolute atomic E-state index is 0.134. The third-order valence-corrected chi connectivity index (χ3v) is 2.76. The number of pyridine rings is 1. The van der Waals surface area contributed by atoms with Crippen LogP contribution in [0, 0.1) is 0 Å². The van der Waals surface area contributed by atoms with E-state index < -0.39 is 0 Å². The van der Waals surface area contributed by atoms with Crippen LogP contribution in [0.2, 0.25) is 0 Å². The van der Waals surface area contributed by atoms with Crippen LogP contribution in [0.3, 0.4) is 0 Å². The van der Waals surface area contributed by atoms with Crippen molar-refractivity contribution in [3.05, 3.63) is 28.0 Å². The fraction of sp³-hybridized carbons (Fsp3) is 0.200. The van der Waals surface area contributed by atoms with Crippen LogP contribution in [0.4, 0.5) is 4.79 Å². The predicted molar refractivity (Wildman–Crippen MR) is 71.7 cm³/mol. The second-order valence-corrected chi connectivity index (χ2v) is 4.34. The van der Waals surface area contributed by atoms with E-state index in [1.807, 2.05) is 0 Å². The van der Waals surface area contributed by atoms with E-state index in [0.29, 0.717) is 22.5 Å². The molecule has 2 aromatic rings. The second kappa shape index (κ2) is 4.78. The van der Waals surface area contributed by atoms with E-state index in [9.17, 15) is 9.59 Å². The summed E-state index contributed by atoms with van der Waals surface area (Å²) in [4.78, 5) is 28.8. The maximum absolute atomic E-state index is 12.1. The normalized spacial score (nSPS) is 10.5. The number of hydrogen-bond acceptors (Lipinski definition) is 3. The Morgan fingerprint density at radius 2 is 2.35 bits per heavy atom. The molecular weight excluding hydrogens is 337 g/mol. The molecule has 0 aliphatic carbocycles. The van der Waals surface area contributed by atoms with Crippen molar-refractivity contribution in [3.63, 3.8) is 0 Å². The molecule has 0 radical (unpaired) electrons. The van der Waals surface area contributed by atoms with Crippen molar-refractivity contribution in [1.82, 2.24) is 15.3 Å². The van der Waals surface area contributed by atoms with Gasteiger partial charge in [0.25, 0.3) is 3.91 Å². The first-order chi connectivity index (χ1) is 8.13. The Bertz CT molecular complexity index is 617. The molecule has 90 valence electrons. The number of carbonyl (C=O) groups is 1. The van der Waals surface area contributed by atoms with Gasteiger partial charge in [0.1, 0.15) is 5.52 Å². The fourth-order valence-electron chi connectivity index (χ4n) is 1.61. The van der Waals surface area contributed by atoms with Crippen LogP contribution in [-0.4, -0.2) is 21.0 Å². The summed E-state index contributed by atoms with van der Waals surface area (Å²) in [5.74, 6) is 0.368. The third-order valence-electron chi connectivity index (χ3n) is 2.38. The minimum atomic E-state index is -0.226. The SMILES string of the molecule is COc1[nH]c2cc[nH]c2c(=O)c1CNC(=O)I. The van der Waals surface area contributed by atoms with E-state index in [0.717, 1.165) is 0 Å². The summed E-state index contributed by atoms with van der Waals surface area (Å²) < 4.78 is 4.89. The van der Waals surface area contributed by atoms with Crippen molar-refractivity contribution in [2.45, 2.75) is 6.54 Å². The molecule has 0 fully saturated rings. The van der Waals surface area contributed by atoms with Gasteiger partial charge in [-0.1, -0.05) is 0 Å². The first-order valence-electron chi connectivity index (χ1n) is 4.83. The smallest absolute Gasteiger partial charge is 0.280 e. The highest BCUT2D eigenvalue weighted by Gasteiger charge is 2.13. The number of nitrogens with one attached hydrogen (secondary N) is 3. The average Bonchev–Trinajstić information content (AvgIpc) is 2.75. The summed E-state index contributed by atoms with van der Waals surface area (Å²) in [5, 5.41) is 2.57. The zero-order chi connectivity index (χ0) is 12.4. The highest BCUT2D eigenvalue weighted by molar-refractivity contribution is 14.1. The number of hydrogen-bond donors (Lipinski definition) is 3. The minimum Gasteiger partial charge on any atom is -0.482 e. The van der Waals surface area contributed by atoms with E-state index in [-0.39, 0.29) is 15.9 Å². The van der Waals surface area contributed by atoms with Crippen LogP contribution in [-0.2, 0) is 6.54 Å². The lowest BCUT2D eigenvalue weighted by molar-refractivity contribution is 0.262. The molecule has 0 atom stereocenters. The van der Waals surface area contributed by atoms with Crippen molar-refractivity contribution in [3.8, 4) is 5.88 Å². The lowest BCUT2D eigenvalue weighted by atomic mass is 10.2. The Labute approximate surface area is 110 Å². The van der Waals surface area contributed by atoms with Crippen LogP contribution in [0.5, 0.6) is 5.88 Å². The van der Waals surface area contributed by atoms with Crippen molar-refractivity contribution in [1.29, 1.82) is 0 Å². The molecule has 0 saturated carbocycles. The molecule has 3 N–H and O–H groups in total. The maximum atomic E-state index is 12.1. The summed E-state index contributed by atoms with van der Waals surface area (Å²) in [6.07, 6.45) is 1.67. The number of methoxy groups -OCH3 is 1. The molecule has 6 nitrogen and oxygen atoms in total. The first kappa shape index (κ1) is 12.0. The van der Waals surface area contributed by atoms with Gasteiger partial charge in [0.2, 0.25) is 5.43 Å². The molecule has 1 amide bonds. The largest absolute Gasteiger partial charge is 0.482 e. The number of carbonyl (C=O) groups excluding carboxylic acids is 1. The molecule has 0 spiro atoms. The number of amides is 1. The summed E-state index contributed by atoms with van der Waals surface area (Å²) in [5.41, 5.74) is 1.37. The van der Waals surface area contributed by atoms with E-state index >= 15 is 0 Å². The van der Waals surface area contributed by atoms with Gasteiger partial charge in [-0.2, -0.15) is 0 Å². The molecule has 0 saturated heterocycles. The van der Waals surface area contributed by atoms with Crippen molar-refractivity contribution in [2.75, 3.05) is 7.11 Å². The Morgan fingerprint density at radius 1 is 1.59 bits per heavy atom. The number of aromatic amines is 2. The highest BCUT2D eigenvalue weighted by atomic mass is 127. The van der Waals surface area contributed by atoms with Crippen molar-refractivity contribution >= 4 is 37.5 Å². The first-order valence-corrected chi connectivity index (χ1v) is 5.91. The van der Waals surface area contributed by atoms with Crippen LogP contribution < -0.4 is 15.5 Å². The summed E-state index contributed by atoms with van der Waals surface area (Å²) >= 11 is 1.61. The molecule has 0 unspecified atom stereocenters. The second-order valence-electron chi connectivity index (χ2n) is 3.36. The summed E-state index contributed by atoms with van der Waals surface area (Å²) in [7, 11) is 1.47. The lowest BCUT2D eigenvalue weighted by Crippen LogP contribution is -2.22. The molecule has 2 rings (SSSR count). The summed E-state index contributed by atoms with van der Waals surface area (Å²) in [6.45, 7) is 0.134. The van der Waals surface area contributed by atoms with Crippen LogP contribution >= 0.6 is 22.6 Å². The fourth-order valence-corrected chi connectivity index (χ4v) is 1.80. The molecule has 0 bridgehead atoms. The van der Waals surface area contributed by atoms with Gasteiger partial charge in [0.15, 0.2) is 5.88 Å². The van der Waals surface area contributed by atoms with Crippen LogP contribution in [0.25, 0.3) is 11.0 Å². The standard InChI is InChI=1S/C10H10IN3O3/c1-17-9-5(4-13-10(11)16)8(15)7-6(14-9)2-3-12-7/h2-3,12H,4H2,1H3,(H,13,16)(H,14,15). The number of halogens is 1. The van der Waals surface area contributed by atoms with E-state index in [4.69, 9.17) is 4.74 Å². The van der Waals surface area contributed by atoms with Gasteiger partial charge in [-0.15, -0.1) is 0 Å². The van der Waals surface area contributed by atoms with Gasteiger partial charge in [-0.3, -0.25) is 9.59 Å². The van der Waals surface area contributed by atoms with Gasteiger partial charge < -0.3 is 20.0 Å². The Hall–Kier alpha value is -1.51. The van der Waals surface area contributed by atoms with Crippen LogP contribution in [0.15, 0.2) is 17.1 Å². The zero-order valence-electron chi connectivity index (χ0n) is 8.96. The Balaban J connectivity index is 2.54. The molecule has 17 heavy (non-hydrogen) atoms. The van der Waals surface area contributed by atoms with Crippen molar-refractivity contribution in [2.24, 2.45) is 0 Å². The molecule has 7 heteroatoms. The number of rotatable bonds is 3. The predicted octanol–water partition coefficient (Wildman–Crippen LogP) is 1.51. The molecule has 0 aliphatic heterocycles. The Morgan fingerprint density at radius 3 is 3.00 bits per heavy atom. The topological polar surface area (TPSA) is 87.0 Å².